The molecule has 0 fully saturated rings. The highest BCUT2D eigenvalue weighted by atomic mass is 35.5. The van der Waals surface area contributed by atoms with Crippen LogP contribution in [0.3, 0.4) is 0 Å². The van der Waals surface area contributed by atoms with Crippen molar-refractivity contribution < 1.29 is 5.11 Å². The van der Waals surface area contributed by atoms with E-state index in [-0.39, 0.29) is 6.61 Å². The molecule has 0 amide bonds. The Morgan fingerprint density at radius 3 is 2.79 bits per heavy atom. The van der Waals surface area contributed by atoms with Crippen molar-refractivity contribution in [2.45, 2.75) is 13.5 Å². The number of fused-ring (bicyclic) bond motifs is 1. The molecule has 1 aromatic carbocycles. The average Bonchev–Trinajstić information content (AvgIpc) is 2.39. The van der Waals surface area contributed by atoms with E-state index >= 15 is 0 Å². The molecule has 2 aromatic rings. The van der Waals surface area contributed by atoms with Gasteiger partial charge in [-0.25, -0.2) is 0 Å². The van der Waals surface area contributed by atoms with Crippen LogP contribution in [0, 0.1) is 6.92 Å². The summed E-state index contributed by atoms with van der Waals surface area (Å²) in [6.07, 6.45) is 0. The topological polar surface area (TPSA) is 25.2 Å². The number of hydrogen-bond acceptors (Lipinski definition) is 1. The van der Waals surface area contributed by atoms with E-state index in [2.05, 4.69) is 0 Å². The Hall–Kier alpha value is -0.990. The lowest BCUT2D eigenvalue weighted by molar-refractivity contribution is 0.283. The Morgan fingerprint density at radius 1 is 1.43 bits per heavy atom. The lowest BCUT2D eigenvalue weighted by Crippen LogP contribution is -1.87. The van der Waals surface area contributed by atoms with Gasteiger partial charge in [-0.1, -0.05) is 23.2 Å². The minimum atomic E-state index is -0.0143. The maximum atomic E-state index is 9.22. The minimum absolute atomic E-state index is 0.0143. The van der Waals surface area contributed by atoms with E-state index in [1.165, 1.54) is 5.56 Å². The Morgan fingerprint density at radius 2 is 2.14 bits per heavy atom. The summed E-state index contributed by atoms with van der Waals surface area (Å²) in [5.41, 5.74) is 3.05. The van der Waals surface area contributed by atoms with E-state index in [9.17, 15) is 5.11 Å². The third kappa shape index (κ3) is 1.22. The average molecular weight is 210 g/mol. The van der Waals surface area contributed by atoms with Gasteiger partial charge in [-0.3, -0.25) is 0 Å². The minimum Gasteiger partial charge on any atom is -0.392 e. The van der Waals surface area contributed by atoms with Crippen molar-refractivity contribution >= 4 is 22.5 Å². The molecular weight excluding hydrogens is 198 g/mol. The van der Waals surface area contributed by atoms with E-state index in [1.54, 1.807) is 0 Å². The van der Waals surface area contributed by atoms with E-state index in [0.717, 1.165) is 16.5 Å². The second-order valence-corrected chi connectivity index (χ2v) is 3.87. The van der Waals surface area contributed by atoms with Crippen LogP contribution < -0.4 is 0 Å². The van der Waals surface area contributed by atoms with Crippen LogP contribution in [0.1, 0.15) is 11.1 Å². The van der Waals surface area contributed by atoms with Gasteiger partial charge in [0, 0.05) is 23.5 Å². The Balaban J connectivity index is 2.89. The van der Waals surface area contributed by atoms with Crippen molar-refractivity contribution in [3.63, 3.8) is 0 Å². The van der Waals surface area contributed by atoms with Crippen LogP contribution in [0.4, 0.5) is 0 Å². The second-order valence-electron chi connectivity index (χ2n) is 3.51. The summed E-state index contributed by atoms with van der Waals surface area (Å²) in [5.74, 6) is 0. The SMILES string of the molecule is Cc1ccc2c(c1)c(CO)c(Cl)n2C. The zero-order chi connectivity index (χ0) is 10.3. The number of aryl methyl sites for hydroxylation is 2. The molecule has 0 saturated carbocycles. The van der Waals surface area contributed by atoms with E-state index in [4.69, 9.17) is 11.6 Å². The van der Waals surface area contributed by atoms with Crippen LogP contribution in [-0.2, 0) is 13.7 Å². The lowest BCUT2D eigenvalue weighted by Gasteiger charge is -1.97. The van der Waals surface area contributed by atoms with Gasteiger partial charge in [0.1, 0.15) is 5.15 Å². The smallest absolute Gasteiger partial charge is 0.115 e. The molecule has 0 saturated heterocycles. The van der Waals surface area contributed by atoms with E-state index in [0.29, 0.717) is 5.15 Å². The van der Waals surface area contributed by atoms with Crippen molar-refractivity contribution in [1.29, 1.82) is 0 Å². The standard InChI is InChI=1S/C11H12ClNO/c1-7-3-4-10-8(5-7)9(6-14)11(12)13(10)2/h3-5,14H,6H2,1-2H3. The molecule has 0 radical (unpaired) electrons. The molecule has 0 atom stereocenters. The highest BCUT2D eigenvalue weighted by Gasteiger charge is 2.11. The molecule has 74 valence electrons. The molecule has 0 spiro atoms. The first-order valence-corrected chi connectivity index (χ1v) is 4.87. The number of halogens is 1. The van der Waals surface area contributed by atoms with Gasteiger partial charge in [0.15, 0.2) is 0 Å². The molecular formula is C11H12ClNO. The molecule has 1 heterocycles. The zero-order valence-electron chi connectivity index (χ0n) is 8.21. The maximum absolute atomic E-state index is 9.22. The molecule has 2 rings (SSSR count). The molecule has 3 heteroatoms. The van der Waals surface area contributed by atoms with Crippen LogP contribution in [0.5, 0.6) is 0 Å². The molecule has 0 bridgehead atoms. The number of hydrogen-bond donors (Lipinski definition) is 1. The third-order valence-electron chi connectivity index (χ3n) is 2.54. The highest BCUT2D eigenvalue weighted by Crippen LogP contribution is 2.29. The van der Waals surface area contributed by atoms with Crippen molar-refractivity contribution in [2.24, 2.45) is 7.05 Å². The van der Waals surface area contributed by atoms with Crippen LogP contribution in [-0.4, -0.2) is 9.67 Å². The number of aliphatic hydroxyl groups is 1. The fraction of sp³-hybridized carbons (Fsp3) is 0.273. The first-order chi connectivity index (χ1) is 6.65. The number of aliphatic hydroxyl groups excluding tert-OH is 1. The Bertz CT molecular complexity index is 487. The van der Waals surface area contributed by atoms with E-state index < -0.39 is 0 Å². The molecule has 0 aliphatic heterocycles. The lowest BCUT2D eigenvalue weighted by atomic mass is 10.1. The number of nitrogens with zero attached hydrogens (tertiary/aromatic N) is 1. The molecule has 14 heavy (non-hydrogen) atoms. The van der Waals surface area contributed by atoms with Crippen LogP contribution >= 0.6 is 11.6 Å². The number of rotatable bonds is 1. The summed E-state index contributed by atoms with van der Waals surface area (Å²) in [5, 5.41) is 10.9. The first kappa shape index (κ1) is 9.56. The maximum Gasteiger partial charge on any atom is 0.115 e. The summed E-state index contributed by atoms with van der Waals surface area (Å²) >= 11 is 6.09. The predicted octanol–water partition coefficient (Wildman–Crippen LogP) is 2.63. The molecule has 1 aromatic heterocycles. The van der Waals surface area contributed by atoms with Crippen LogP contribution in [0.15, 0.2) is 18.2 Å². The molecule has 0 aliphatic rings. The summed E-state index contributed by atoms with van der Waals surface area (Å²) in [6.45, 7) is 2.02. The summed E-state index contributed by atoms with van der Waals surface area (Å²) < 4.78 is 1.89. The fourth-order valence-electron chi connectivity index (χ4n) is 1.75. The van der Waals surface area contributed by atoms with Gasteiger partial charge >= 0.3 is 0 Å². The van der Waals surface area contributed by atoms with E-state index in [1.807, 2.05) is 36.7 Å². The first-order valence-electron chi connectivity index (χ1n) is 4.49. The van der Waals surface area contributed by atoms with Gasteiger partial charge in [0.25, 0.3) is 0 Å². The van der Waals surface area contributed by atoms with Crippen molar-refractivity contribution in [1.82, 2.24) is 4.57 Å². The van der Waals surface area contributed by atoms with Crippen LogP contribution in [0.25, 0.3) is 10.9 Å². The van der Waals surface area contributed by atoms with Crippen molar-refractivity contribution in [3.8, 4) is 0 Å². The highest BCUT2D eigenvalue weighted by molar-refractivity contribution is 6.32. The quantitative estimate of drug-likeness (QED) is 0.768. The largest absolute Gasteiger partial charge is 0.392 e. The summed E-state index contributed by atoms with van der Waals surface area (Å²) in [4.78, 5) is 0. The van der Waals surface area contributed by atoms with Gasteiger partial charge in [-0.05, 0) is 19.1 Å². The number of aromatic nitrogens is 1. The zero-order valence-corrected chi connectivity index (χ0v) is 8.97. The summed E-state index contributed by atoms with van der Waals surface area (Å²) in [7, 11) is 1.90. The number of benzene rings is 1. The Kier molecular flexibility index (Phi) is 2.25. The van der Waals surface area contributed by atoms with Gasteiger partial charge in [-0.2, -0.15) is 0 Å². The third-order valence-corrected chi connectivity index (χ3v) is 3.02. The summed E-state index contributed by atoms with van der Waals surface area (Å²) in [6, 6.07) is 6.11. The molecule has 0 unspecified atom stereocenters. The van der Waals surface area contributed by atoms with Gasteiger partial charge < -0.3 is 9.67 Å². The molecule has 0 aliphatic carbocycles. The molecule has 2 nitrogen and oxygen atoms in total. The molecule has 1 N–H and O–H groups in total. The van der Waals surface area contributed by atoms with Gasteiger partial charge in [0.2, 0.25) is 0 Å². The van der Waals surface area contributed by atoms with Gasteiger partial charge in [0.05, 0.1) is 6.61 Å². The Labute approximate surface area is 87.7 Å². The van der Waals surface area contributed by atoms with Crippen molar-refractivity contribution in [3.05, 3.63) is 34.5 Å². The second kappa shape index (κ2) is 3.30. The monoisotopic (exact) mass is 209 g/mol. The fourth-order valence-corrected chi connectivity index (χ4v) is 2.01. The predicted molar refractivity (Wildman–Crippen MR) is 58.6 cm³/mol. The van der Waals surface area contributed by atoms with Crippen LogP contribution in [0.2, 0.25) is 5.15 Å². The van der Waals surface area contributed by atoms with Gasteiger partial charge in [-0.15, -0.1) is 0 Å². The van der Waals surface area contributed by atoms with Crippen molar-refractivity contribution in [2.75, 3.05) is 0 Å². The normalized spacial score (nSPS) is 11.1.